The molecular formula is C12H23N5O2. The fraction of sp³-hybridized carbons (Fsp3) is 0.750. The number of rotatable bonds is 5. The van der Waals surface area contributed by atoms with Gasteiger partial charge < -0.3 is 15.4 Å². The quantitative estimate of drug-likeness (QED) is 0.827. The summed E-state index contributed by atoms with van der Waals surface area (Å²) in [5.41, 5.74) is -0.474. The van der Waals surface area contributed by atoms with E-state index in [-0.39, 0.29) is 6.04 Å². The summed E-state index contributed by atoms with van der Waals surface area (Å²) < 4.78 is 6.80. The largest absolute Gasteiger partial charge is 0.444 e. The van der Waals surface area contributed by atoms with Crippen molar-refractivity contribution in [1.29, 1.82) is 0 Å². The number of carbonyl (C=O) groups is 1. The van der Waals surface area contributed by atoms with E-state index in [1.54, 1.807) is 11.0 Å². The molecule has 0 spiro atoms. The van der Waals surface area contributed by atoms with Crippen LogP contribution >= 0.6 is 0 Å². The van der Waals surface area contributed by atoms with Crippen LogP contribution in [0, 0.1) is 0 Å². The molecule has 0 fully saturated rings. The van der Waals surface area contributed by atoms with Crippen LogP contribution in [0.4, 0.5) is 4.79 Å². The van der Waals surface area contributed by atoms with E-state index in [9.17, 15) is 4.79 Å². The maximum absolute atomic E-state index is 11.5. The second-order valence-electron chi connectivity index (χ2n) is 5.50. The van der Waals surface area contributed by atoms with Gasteiger partial charge in [-0.1, -0.05) is 0 Å². The van der Waals surface area contributed by atoms with Gasteiger partial charge in [0.25, 0.3) is 0 Å². The highest BCUT2D eigenvalue weighted by molar-refractivity contribution is 5.67. The summed E-state index contributed by atoms with van der Waals surface area (Å²) in [6.07, 6.45) is 1.25. The summed E-state index contributed by atoms with van der Waals surface area (Å²) in [7, 11) is 1.82. The molecule has 0 aliphatic carbocycles. The molecule has 1 atom stereocenters. The molecule has 0 bridgehead atoms. The van der Waals surface area contributed by atoms with E-state index in [0.717, 1.165) is 5.82 Å². The van der Waals surface area contributed by atoms with E-state index in [0.29, 0.717) is 13.1 Å². The maximum Gasteiger partial charge on any atom is 0.407 e. The third-order valence-corrected chi connectivity index (χ3v) is 2.21. The van der Waals surface area contributed by atoms with Gasteiger partial charge in [0.05, 0.1) is 6.54 Å². The highest BCUT2D eigenvalue weighted by Gasteiger charge is 2.16. The van der Waals surface area contributed by atoms with Crippen LogP contribution in [0.2, 0.25) is 0 Å². The lowest BCUT2D eigenvalue weighted by Gasteiger charge is -2.21. The zero-order valence-electron chi connectivity index (χ0n) is 12.2. The summed E-state index contributed by atoms with van der Waals surface area (Å²) >= 11 is 0. The molecule has 108 valence electrons. The molecule has 0 aliphatic heterocycles. The average molecular weight is 269 g/mol. The van der Waals surface area contributed by atoms with Crippen molar-refractivity contribution in [2.75, 3.05) is 6.54 Å². The number of hydrogen-bond acceptors (Lipinski definition) is 5. The predicted molar refractivity (Wildman–Crippen MR) is 71.5 cm³/mol. The molecule has 1 rings (SSSR count). The van der Waals surface area contributed by atoms with Gasteiger partial charge in [-0.2, -0.15) is 5.10 Å². The minimum atomic E-state index is -0.474. The van der Waals surface area contributed by atoms with Gasteiger partial charge >= 0.3 is 6.09 Å². The number of carbonyl (C=O) groups excluding carboxylic acids is 1. The molecule has 0 saturated heterocycles. The first-order chi connectivity index (χ1) is 8.76. The number of aromatic nitrogens is 3. The van der Waals surface area contributed by atoms with E-state index >= 15 is 0 Å². The fourth-order valence-corrected chi connectivity index (χ4v) is 1.35. The topological polar surface area (TPSA) is 81.1 Å². The van der Waals surface area contributed by atoms with E-state index < -0.39 is 11.7 Å². The SMILES string of the molecule is CC(CNC(=O)OC(C)(C)C)NCc1ncn(C)n1. The van der Waals surface area contributed by atoms with E-state index in [1.165, 1.54) is 0 Å². The zero-order valence-corrected chi connectivity index (χ0v) is 12.2. The van der Waals surface area contributed by atoms with Crippen LogP contribution in [0.5, 0.6) is 0 Å². The zero-order chi connectivity index (χ0) is 14.5. The highest BCUT2D eigenvalue weighted by atomic mass is 16.6. The van der Waals surface area contributed by atoms with Crippen molar-refractivity contribution in [3.63, 3.8) is 0 Å². The van der Waals surface area contributed by atoms with E-state index in [4.69, 9.17) is 4.74 Å². The Morgan fingerprint density at radius 2 is 2.21 bits per heavy atom. The maximum atomic E-state index is 11.5. The lowest BCUT2D eigenvalue weighted by atomic mass is 10.2. The summed E-state index contributed by atoms with van der Waals surface area (Å²) in [5.74, 6) is 0.728. The Kier molecular flexibility index (Phi) is 5.29. The molecule has 19 heavy (non-hydrogen) atoms. The Balaban J connectivity index is 2.21. The number of nitrogens with one attached hydrogen (secondary N) is 2. The molecule has 0 aliphatic rings. The van der Waals surface area contributed by atoms with E-state index in [2.05, 4.69) is 20.7 Å². The van der Waals surface area contributed by atoms with Gasteiger partial charge in [-0.3, -0.25) is 4.68 Å². The number of aryl methyl sites for hydroxylation is 1. The monoisotopic (exact) mass is 269 g/mol. The molecule has 7 nitrogen and oxygen atoms in total. The Morgan fingerprint density at radius 1 is 1.53 bits per heavy atom. The van der Waals surface area contributed by atoms with Gasteiger partial charge in [-0.15, -0.1) is 0 Å². The summed E-state index contributed by atoms with van der Waals surface area (Å²) in [5, 5.41) is 10.1. The number of amides is 1. The normalized spacial score (nSPS) is 13.1. The fourth-order valence-electron chi connectivity index (χ4n) is 1.35. The molecule has 0 aromatic carbocycles. The van der Waals surface area contributed by atoms with Crippen molar-refractivity contribution in [2.45, 2.75) is 45.9 Å². The van der Waals surface area contributed by atoms with Crippen LogP contribution in [0.25, 0.3) is 0 Å². The first kappa shape index (κ1) is 15.4. The second-order valence-corrected chi connectivity index (χ2v) is 5.50. The van der Waals surface area contributed by atoms with Crippen LogP contribution < -0.4 is 10.6 Å². The van der Waals surface area contributed by atoms with Crippen LogP contribution in [0.3, 0.4) is 0 Å². The number of hydrogen-bond donors (Lipinski definition) is 2. The third-order valence-electron chi connectivity index (χ3n) is 2.21. The standard InChI is InChI=1S/C12H23N5O2/c1-9(6-14-11(18)19-12(2,3)4)13-7-10-15-8-17(5)16-10/h8-9,13H,6-7H2,1-5H3,(H,14,18). The summed E-state index contributed by atoms with van der Waals surface area (Å²) in [6, 6.07) is 0.108. The van der Waals surface area contributed by atoms with Crippen LogP contribution in [-0.4, -0.2) is 39.0 Å². The predicted octanol–water partition coefficient (Wildman–Crippen LogP) is 0.818. The van der Waals surface area contributed by atoms with Crippen molar-refractivity contribution in [3.05, 3.63) is 12.2 Å². The third kappa shape index (κ3) is 6.76. The van der Waals surface area contributed by atoms with Gasteiger partial charge in [0.15, 0.2) is 5.82 Å². The van der Waals surface area contributed by atoms with Gasteiger partial charge in [-0.05, 0) is 27.7 Å². The number of ether oxygens (including phenoxy) is 1. The second kappa shape index (κ2) is 6.51. The molecule has 1 aromatic heterocycles. The molecule has 7 heteroatoms. The van der Waals surface area contributed by atoms with E-state index in [1.807, 2.05) is 34.7 Å². The first-order valence-electron chi connectivity index (χ1n) is 6.31. The Morgan fingerprint density at radius 3 is 2.74 bits per heavy atom. The lowest BCUT2D eigenvalue weighted by molar-refractivity contribution is 0.0523. The molecular weight excluding hydrogens is 246 g/mol. The molecule has 0 saturated carbocycles. The average Bonchev–Trinajstić information content (AvgIpc) is 2.67. The smallest absolute Gasteiger partial charge is 0.407 e. The van der Waals surface area contributed by atoms with Crippen LogP contribution in [-0.2, 0) is 18.3 Å². The van der Waals surface area contributed by atoms with Crippen molar-refractivity contribution in [2.24, 2.45) is 7.05 Å². The van der Waals surface area contributed by atoms with Crippen molar-refractivity contribution in [3.8, 4) is 0 Å². The molecule has 0 radical (unpaired) electrons. The number of alkyl carbamates (subject to hydrolysis) is 1. The van der Waals surface area contributed by atoms with Gasteiger partial charge in [0.2, 0.25) is 0 Å². The van der Waals surface area contributed by atoms with Crippen molar-refractivity contribution >= 4 is 6.09 Å². The summed E-state index contributed by atoms with van der Waals surface area (Å²) in [6.45, 7) is 8.53. The Labute approximate surface area is 113 Å². The molecule has 1 aromatic rings. The van der Waals surface area contributed by atoms with Gasteiger partial charge in [0, 0.05) is 19.6 Å². The Hall–Kier alpha value is -1.63. The molecule has 1 unspecified atom stereocenters. The summed E-state index contributed by atoms with van der Waals surface area (Å²) in [4.78, 5) is 15.6. The van der Waals surface area contributed by atoms with Crippen LogP contribution in [0.1, 0.15) is 33.5 Å². The van der Waals surface area contributed by atoms with Gasteiger partial charge in [0.1, 0.15) is 11.9 Å². The molecule has 1 amide bonds. The highest BCUT2D eigenvalue weighted by Crippen LogP contribution is 2.06. The Bertz CT molecular complexity index is 410. The lowest BCUT2D eigenvalue weighted by Crippen LogP contribution is -2.41. The van der Waals surface area contributed by atoms with Crippen LogP contribution in [0.15, 0.2) is 6.33 Å². The van der Waals surface area contributed by atoms with Crippen molar-refractivity contribution < 1.29 is 9.53 Å². The molecule has 1 heterocycles. The molecule has 2 N–H and O–H groups in total. The number of nitrogens with zero attached hydrogens (tertiary/aromatic N) is 3. The minimum Gasteiger partial charge on any atom is -0.444 e. The minimum absolute atomic E-state index is 0.108. The van der Waals surface area contributed by atoms with Crippen molar-refractivity contribution in [1.82, 2.24) is 25.4 Å². The first-order valence-corrected chi connectivity index (χ1v) is 6.31. The van der Waals surface area contributed by atoms with Gasteiger partial charge in [-0.25, -0.2) is 9.78 Å².